The van der Waals surface area contributed by atoms with Gasteiger partial charge >= 0.3 is 0 Å². The van der Waals surface area contributed by atoms with E-state index in [1.54, 1.807) is 31.7 Å². The van der Waals surface area contributed by atoms with Crippen molar-refractivity contribution in [2.24, 2.45) is 5.92 Å². The lowest BCUT2D eigenvalue weighted by Gasteiger charge is -2.17. The Kier molecular flexibility index (Phi) is 5.18. The first-order valence-electron chi connectivity index (χ1n) is 10.1. The van der Waals surface area contributed by atoms with E-state index in [-0.39, 0.29) is 29.7 Å². The highest BCUT2D eigenvalue weighted by atomic mass is 16.2. The van der Waals surface area contributed by atoms with Crippen LogP contribution in [0.3, 0.4) is 0 Å². The Morgan fingerprint density at radius 3 is 2.52 bits per heavy atom. The second-order valence-corrected chi connectivity index (χ2v) is 7.91. The van der Waals surface area contributed by atoms with E-state index in [2.05, 4.69) is 20.4 Å². The second kappa shape index (κ2) is 7.82. The third-order valence-corrected chi connectivity index (χ3v) is 5.51. The summed E-state index contributed by atoms with van der Waals surface area (Å²) in [4.78, 5) is 46.3. The number of aromatic amines is 1. The molecule has 0 spiro atoms. The van der Waals surface area contributed by atoms with E-state index in [1.807, 2.05) is 31.2 Å². The van der Waals surface area contributed by atoms with E-state index in [0.717, 1.165) is 11.3 Å². The number of carbonyl (C=O) groups excluding carboxylic acids is 2. The number of benzene rings is 1. The fraction of sp³-hybridized carbons (Fsp3) is 0.318. The van der Waals surface area contributed by atoms with Crippen molar-refractivity contribution in [3.63, 3.8) is 0 Å². The number of aromatic nitrogens is 4. The number of aryl methyl sites for hydroxylation is 3. The molecule has 31 heavy (non-hydrogen) atoms. The molecule has 0 unspecified atom stereocenters. The van der Waals surface area contributed by atoms with Gasteiger partial charge in [-0.05, 0) is 39.8 Å². The summed E-state index contributed by atoms with van der Waals surface area (Å²) in [5.74, 6) is -0.260. The molecule has 2 N–H and O–H groups in total. The van der Waals surface area contributed by atoms with Gasteiger partial charge in [-0.3, -0.25) is 19.4 Å². The first kappa shape index (κ1) is 20.5. The topological polar surface area (TPSA) is 113 Å². The number of H-pyrrole nitrogens is 1. The molecule has 0 radical (unpaired) electrons. The number of nitrogens with one attached hydrogen (secondary N) is 2. The minimum Gasteiger partial charge on any atom is -0.312 e. The summed E-state index contributed by atoms with van der Waals surface area (Å²) in [6.07, 6.45) is 0.131. The van der Waals surface area contributed by atoms with Gasteiger partial charge < -0.3 is 10.2 Å². The maximum atomic E-state index is 12.9. The fourth-order valence-corrected chi connectivity index (χ4v) is 3.57. The van der Waals surface area contributed by atoms with Crippen molar-refractivity contribution in [2.45, 2.75) is 34.1 Å². The van der Waals surface area contributed by atoms with Gasteiger partial charge in [0, 0.05) is 36.0 Å². The van der Waals surface area contributed by atoms with Crippen molar-refractivity contribution in [1.29, 1.82) is 0 Å². The Morgan fingerprint density at radius 1 is 1.13 bits per heavy atom. The number of amides is 2. The van der Waals surface area contributed by atoms with Gasteiger partial charge in [0.2, 0.25) is 17.8 Å². The van der Waals surface area contributed by atoms with Crippen molar-refractivity contribution in [3.05, 3.63) is 63.2 Å². The Balaban J connectivity index is 1.55. The predicted octanol–water partition coefficient (Wildman–Crippen LogP) is 2.18. The van der Waals surface area contributed by atoms with E-state index in [0.29, 0.717) is 29.3 Å². The van der Waals surface area contributed by atoms with Gasteiger partial charge in [0.25, 0.3) is 5.56 Å². The maximum absolute atomic E-state index is 12.9. The van der Waals surface area contributed by atoms with Gasteiger partial charge in [-0.2, -0.15) is 9.78 Å². The molecule has 9 heteroatoms. The first-order chi connectivity index (χ1) is 14.7. The Labute approximate surface area is 179 Å². The van der Waals surface area contributed by atoms with Crippen LogP contribution in [0.2, 0.25) is 0 Å². The van der Waals surface area contributed by atoms with Crippen LogP contribution in [-0.4, -0.2) is 38.1 Å². The lowest BCUT2D eigenvalue weighted by molar-refractivity contribution is -0.122. The van der Waals surface area contributed by atoms with Crippen LogP contribution in [0.5, 0.6) is 0 Å². The molecule has 9 nitrogen and oxygen atoms in total. The van der Waals surface area contributed by atoms with Crippen LogP contribution in [0, 0.1) is 33.6 Å². The number of hydrogen-bond donors (Lipinski definition) is 2. The van der Waals surface area contributed by atoms with Gasteiger partial charge in [0.05, 0.1) is 11.6 Å². The molecule has 1 aliphatic rings. The average Bonchev–Trinajstić information content (AvgIpc) is 3.29. The lowest BCUT2D eigenvalue weighted by Crippen LogP contribution is -2.29. The molecule has 0 saturated carbocycles. The normalized spacial score (nSPS) is 16.1. The van der Waals surface area contributed by atoms with Gasteiger partial charge in [0.1, 0.15) is 5.82 Å². The Hall–Kier alpha value is -3.75. The SMILES string of the molecule is Cc1ccc(N2C[C@H](C(=O)Nc3cc(C)nn3-c3nc(C)c(C)c(=O)[nH]3)CC2=O)cc1. The van der Waals surface area contributed by atoms with Crippen LogP contribution in [0.1, 0.15) is 28.9 Å². The van der Waals surface area contributed by atoms with E-state index >= 15 is 0 Å². The van der Waals surface area contributed by atoms with Gasteiger partial charge in [-0.1, -0.05) is 17.7 Å². The van der Waals surface area contributed by atoms with Crippen molar-refractivity contribution in [2.75, 3.05) is 16.8 Å². The van der Waals surface area contributed by atoms with Crippen molar-refractivity contribution >= 4 is 23.3 Å². The van der Waals surface area contributed by atoms with Gasteiger partial charge in [0.15, 0.2) is 0 Å². The van der Waals surface area contributed by atoms with E-state index in [9.17, 15) is 14.4 Å². The van der Waals surface area contributed by atoms with E-state index in [4.69, 9.17) is 0 Å². The average molecular weight is 420 g/mol. The molecule has 160 valence electrons. The zero-order valence-corrected chi connectivity index (χ0v) is 17.9. The Bertz CT molecular complexity index is 1230. The molecule has 3 heterocycles. The van der Waals surface area contributed by atoms with Crippen LogP contribution in [0.15, 0.2) is 35.1 Å². The number of nitrogens with zero attached hydrogens (tertiary/aromatic N) is 4. The van der Waals surface area contributed by atoms with Crippen molar-refractivity contribution < 1.29 is 9.59 Å². The van der Waals surface area contributed by atoms with Crippen molar-refractivity contribution in [3.8, 4) is 5.95 Å². The number of rotatable bonds is 4. The highest BCUT2D eigenvalue weighted by Gasteiger charge is 2.35. The smallest absolute Gasteiger partial charge is 0.255 e. The van der Waals surface area contributed by atoms with Gasteiger partial charge in [-0.15, -0.1) is 0 Å². The van der Waals surface area contributed by atoms with Gasteiger partial charge in [-0.25, -0.2) is 4.98 Å². The number of carbonyl (C=O) groups is 2. The summed E-state index contributed by atoms with van der Waals surface area (Å²) < 4.78 is 1.40. The summed E-state index contributed by atoms with van der Waals surface area (Å²) in [5.41, 5.74) is 3.39. The highest BCUT2D eigenvalue weighted by Crippen LogP contribution is 2.26. The number of hydrogen-bond acceptors (Lipinski definition) is 5. The van der Waals surface area contributed by atoms with Crippen LogP contribution < -0.4 is 15.8 Å². The summed E-state index contributed by atoms with van der Waals surface area (Å²) >= 11 is 0. The molecule has 4 rings (SSSR count). The number of anilines is 2. The summed E-state index contributed by atoms with van der Waals surface area (Å²) in [7, 11) is 0. The molecule has 1 aromatic carbocycles. The maximum Gasteiger partial charge on any atom is 0.255 e. The lowest BCUT2D eigenvalue weighted by atomic mass is 10.1. The molecule has 2 amide bonds. The minimum absolute atomic E-state index is 0.0890. The zero-order chi connectivity index (χ0) is 22.3. The molecule has 1 fully saturated rings. The van der Waals surface area contributed by atoms with E-state index < -0.39 is 5.92 Å². The first-order valence-corrected chi connectivity index (χ1v) is 10.1. The standard InChI is InChI=1S/C22H24N6O3/c1-12-5-7-17(8-6-12)27-11-16(10-19(27)29)21(31)24-18-9-13(2)26-28(18)22-23-15(4)14(3)20(30)25-22/h5-9,16H,10-11H2,1-4H3,(H,24,31)(H,23,25,30)/t16-/m1/s1. The molecule has 1 saturated heterocycles. The zero-order valence-electron chi connectivity index (χ0n) is 17.9. The van der Waals surface area contributed by atoms with Crippen LogP contribution >= 0.6 is 0 Å². The molecule has 0 bridgehead atoms. The molecule has 0 aliphatic carbocycles. The van der Waals surface area contributed by atoms with E-state index in [1.165, 1.54) is 4.68 Å². The highest BCUT2D eigenvalue weighted by molar-refractivity contribution is 6.03. The molecule has 3 aromatic rings. The fourth-order valence-electron chi connectivity index (χ4n) is 3.57. The summed E-state index contributed by atoms with van der Waals surface area (Å²) in [6.45, 7) is 7.50. The summed E-state index contributed by atoms with van der Waals surface area (Å²) in [5, 5.41) is 7.20. The molecular weight excluding hydrogens is 396 g/mol. The van der Waals surface area contributed by atoms with Crippen LogP contribution in [-0.2, 0) is 9.59 Å². The quantitative estimate of drug-likeness (QED) is 0.672. The third kappa shape index (κ3) is 3.98. The minimum atomic E-state index is -0.496. The molecule has 1 aliphatic heterocycles. The largest absolute Gasteiger partial charge is 0.312 e. The monoisotopic (exact) mass is 420 g/mol. The molecule has 2 aromatic heterocycles. The molecule has 1 atom stereocenters. The molecular formula is C22H24N6O3. The Morgan fingerprint density at radius 2 is 1.84 bits per heavy atom. The predicted molar refractivity (Wildman–Crippen MR) is 116 cm³/mol. The van der Waals surface area contributed by atoms with Crippen LogP contribution in [0.4, 0.5) is 11.5 Å². The summed E-state index contributed by atoms with van der Waals surface area (Å²) in [6, 6.07) is 9.34. The van der Waals surface area contributed by atoms with Crippen molar-refractivity contribution in [1.82, 2.24) is 19.7 Å². The van der Waals surface area contributed by atoms with Crippen LogP contribution in [0.25, 0.3) is 5.95 Å². The second-order valence-electron chi connectivity index (χ2n) is 7.91. The third-order valence-electron chi connectivity index (χ3n) is 5.51.